The molecule has 2 aromatic rings. The molecule has 2 aromatic carbocycles. The molecule has 0 aliphatic carbocycles. The van der Waals surface area contributed by atoms with Gasteiger partial charge in [0.2, 0.25) is 0 Å². The molecular weight excluding hydrogens is 244 g/mol. The highest BCUT2D eigenvalue weighted by Crippen LogP contribution is 2.38. The van der Waals surface area contributed by atoms with Crippen molar-refractivity contribution in [2.75, 3.05) is 13.7 Å². The highest BCUT2D eigenvalue weighted by atomic mass is 16.7. The summed E-state index contributed by atoms with van der Waals surface area (Å²) in [5.74, 6) is 0.325. The van der Waals surface area contributed by atoms with Gasteiger partial charge in [-0.15, -0.1) is 0 Å². The third-order valence-corrected chi connectivity index (χ3v) is 3.07. The first-order valence-corrected chi connectivity index (χ1v) is 5.99. The van der Waals surface area contributed by atoms with Crippen LogP contribution in [0.3, 0.4) is 0 Å². The summed E-state index contributed by atoms with van der Waals surface area (Å²) in [6.45, 7) is 0.0389. The Morgan fingerprint density at radius 2 is 1.89 bits per heavy atom. The fraction of sp³-hybridized carbons (Fsp3) is 0.200. The van der Waals surface area contributed by atoms with Gasteiger partial charge in [0.15, 0.2) is 18.1 Å². The average molecular weight is 258 g/mol. The topological polar surface area (TPSA) is 47.9 Å². The number of ether oxygens (including phenoxy) is 3. The maximum absolute atomic E-state index is 10.6. The summed E-state index contributed by atoms with van der Waals surface area (Å²) in [6.07, 6.45) is 0. The zero-order valence-electron chi connectivity index (χ0n) is 10.5. The summed E-state index contributed by atoms with van der Waals surface area (Å²) in [4.78, 5) is 0. The van der Waals surface area contributed by atoms with Gasteiger partial charge in [0.1, 0.15) is 5.75 Å². The van der Waals surface area contributed by atoms with Gasteiger partial charge >= 0.3 is 0 Å². The van der Waals surface area contributed by atoms with Crippen LogP contribution in [0.15, 0.2) is 48.5 Å². The van der Waals surface area contributed by atoms with Crippen molar-refractivity contribution in [3.05, 3.63) is 54.1 Å². The molecular formula is C15H14O4. The zero-order chi connectivity index (χ0) is 13.3. The second kappa shape index (κ2) is 4.48. The number of methoxy groups -OCH3 is 1. The monoisotopic (exact) mass is 258 g/mol. The number of para-hydroxylation sites is 2. The molecule has 1 N–H and O–H groups in total. The smallest absolute Gasteiger partial charge is 0.269 e. The number of aliphatic hydroxyl groups is 1. The van der Waals surface area contributed by atoms with Crippen molar-refractivity contribution in [3.8, 4) is 17.2 Å². The van der Waals surface area contributed by atoms with Gasteiger partial charge in [-0.2, -0.15) is 0 Å². The van der Waals surface area contributed by atoms with Crippen molar-refractivity contribution in [1.29, 1.82) is 0 Å². The van der Waals surface area contributed by atoms with Crippen LogP contribution in [0.5, 0.6) is 17.2 Å². The molecule has 1 atom stereocenters. The number of hydrogen-bond donors (Lipinski definition) is 1. The lowest BCUT2D eigenvalue weighted by Crippen LogP contribution is -2.42. The van der Waals surface area contributed by atoms with E-state index in [1.165, 1.54) is 0 Å². The quantitative estimate of drug-likeness (QED) is 0.898. The molecule has 1 aliphatic rings. The lowest BCUT2D eigenvalue weighted by atomic mass is 10.1. The second-order valence-corrected chi connectivity index (χ2v) is 4.35. The number of rotatable bonds is 2. The lowest BCUT2D eigenvalue weighted by Gasteiger charge is -2.34. The van der Waals surface area contributed by atoms with Crippen molar-refractivity contribution >= 4 is 0 Å². The lowest BCUT2D eigenvalue weighted by molar-refractivity contribution is -0.182. The highest BCUT2D eigenvalue weighted by Gasteiger charge is 2.37. The van der Waals surface area contributed by atoms with Crippen molar-refractivity contribution < 1.29 is 19.3 Å². The van der Waals surface area contributed by atoms with Gasteiger partial charge in [-0.1, -0.05) is 24.3 Å². The maximum atomic E-state index is 10.6. The molecule has 1 unspecified atom stereocenters. The van der Waals surface area contributed by atoms with Gasteiger partial charge in [-0.3, -0.25) is 0 Å². The molecule has 4 nitrogen and oxygen atoms in total. The maximum Gasteiger partial charge on any atom is 0.269 e. The van der Waals surface area contributed by atoms with E-state index in [9.17, 15) is 5.11 Å². The molecule has 98 valence electrons. The fourth-order valence-corrected chi connectivity index (χ4v) is 2.05. The van der Waals surface area contributed by atoms with Crippen LogP contribution in [-0.4, -0.2) is 18.8 Å². The first kappa shape index (κ1) is 11.9. The van der Waals surface area contributed by atoms with Crippen LogP contribution in [0.25, 0.3) is 0 Å². The van der Waals surface area contributed by atoms with Crippen LogP contribution in [0, 0.1) is 0 Å². The summed E-state index contributed by atoms with van der Waals surface area (Å²) >= 11 is 0. The van der Waals surface area contributed by atoms with Gasteiger partial charge in [0, 0.05) is 5.56 Å². The minimum atomic E-state index is -1.50. The minimum Gasteiger partial charge on any atom is -0.497 e. The predicted molar refractivity (Wildman–Crippen MR) is 69.5 cm³/mol. The Kier molecular flexibility index (Phi) is 2.80. The first-order valence-electron chi connectivity index (χ1n) is 5.99. The summed E-state index contributed by atoms with van der Waals surface area (Å²) < 4.78 is 16.4. The standard InChI is InChI=1S/C15H14O4/c1-17-12-6-4-5-11(9-12)15(16)10-18-13-7-2-3-8-14(13)19-15/h2-9,16H,10H2,1H3. The average Bonchev–Trinajstić information content (AvgIpc) is 2.47. The van der Waals surface area contributed by atoms with Crippen LogP contribution in [-0.2, 0) is 5.79 Å². The van der Waals surface area contributed by atoms with Crippen LogP contribution in [0.1, 0.15) is 5.56 Å². The first-order chi connectivity index (χ1) is 9.21. The molecule has 19 heavy (non-hydrogen) atoms. The predicted octanol–water partition coefficient (Wildman–Crippen LogP) is 2.31. The molecule has 0 bridgehead atoms. The van der Waals surface area contributed by atoms with Crippen molar-refractivity contribution in [3.63, 3.8) is 0 Å². The molecule has 0 saturated carbocycles. The Hall–Kier alpha value is -2.20. The van der Waals surface area contributed by atoms with Gasteiger partial charge in [-0.25, -0.2) is 0 Å². The van der Waals surface area contributed by atoms with Gasteiger partial charge in [0.25, 0.3) is 5.79 Å². The van der Waals surface area contributed by atoms with E-state index in [-0.39, 0.29) is 6.61 Å². The Morgan fingerprint density at radius 1 is 1.11 bits per heavy atom. The van der Waals surface area contributed by atoms with E-state index in [1.54, 1.807) is 37.4 Å². The highest BCUT2D eigenvalue weighted by molar-refractivity contribution is 5.42. The normalized spacial score (nSPS) is 20.9. The number of fused-ring (bicyclic) bond motifs is 1. The van der Waals surface area contributed by atoms with E-state index in [2.05, 4.69) is 0 Å². The van der Waals surface area contributed by atoms with E-state index in [0.717, 1.165) is 0 Å². The van der Waals surface area contributed by atoms with Crippen LogP contribution in [0.2, 0.25) is 0 Å². The number of benzene rings is 2. The van der Waals surface area contributed by atoms with Crippen molar-refractivity contribution in [2.24, 2.45) is 0 Å². The van der Waals surface area contributed by atoms with Gasteiger partial charge in [0.05, 0.1) is 7.11 Å². The Balaban J connectivity index is 1.96. The zero-order valence-corrected chi connectivity index (χ0v) is 10.5. The molecule has 0 spiro atoms. The third-order valence-electron chi connectivity index (χ3n) is 3.07. The Morgan fingerprint density at radius 3 is 2.68 bits per heavy atom. The molecule has 1 aliphatic heterocycles. The summed E-state index contributed by atoms with van der Waals surface area (Å²) in [7, 11) is 1.58. The van der Waals surface area contributed by atoms with E-state index in [1.807, 2.05) is 18.2 Å². The van der Waals surface area contributed by atoms with E-state index in [0.29, 0.717) is 22.8 Å². The van der Waals surface area contributed by atoms with Crippen LogP contribution >= 0.6 is 0 Å². The van der Waals surface area contributed by atoms with Crippen LogP contribution in [0.4, 0.5) is 0 Å². The van der Waals surface area contributed by atoms with Crippen molar-refractivity contribution in [1.82, 2.24) is 0 Å². The van der Waals surface area contributed by atoms with E-state index in [4.69, 9.17) is 14.2 Å². The molecule has 0 radical (unpaired) electrons. The molecule has 0 aromatic heterocycles. The molecule has 0 fully saturated rings. The molecule has 1 heterocycles. The second-order valence-electron chi connectivity index (χ2n) is 4.35. The number of hydrogen-bond acceptors (Lipinski definition) is 4. The largest absolute Gasteiger partial charge is 0.497 e. The van der Waals surface area contributed by atoms with Gasteiger partial charge < -0.3 is 19.3 Å². The minimum absolute atomic E-state index is 0.0389. The van der Waals surface area contributed by atoms with E-state index >= 15 is 0 Å². The molecule has 0 saturated heterocycles. The third kappa shape index (κ3) is 2.11. The molecule has 3 rings (SSSR count). The summed E-state index contributed by atoms with van der Waals surface area (Å²) in [6, 6.07) is 14.4. The fourth-order valence-electron chi connectivity index (χ4n) is 2.05. The molecule has 0 amide bonds. The Bertz CT molecular complexity index is 596. The SMILES string of the molecule is COc1cccc(C2(O)COc3ccccc3O2)c1. The van der Waals surface area contributed by atoms with E-state index < -0.39 is 5.79 Å². The van der Waals surface area contributed by atoms with Crippen LogP contribution < -0.4 is 14.2 Å². The summed E-state index contributed by atoms with van der Waals surface area (Å²) in [5, 5.41) is 10.6. The summed E-state index contributed by atoms with van der Waals surface area (Å²) in [5.41, 5.74) is 0.598. The molecule has 4 heteroatoms. The van der Waals surface area contributed by atoms with Crippen molar-refractivity contribution in [2.45, 2.75) is 5.79 Å². The van der Waals surface area contributed by atoms with Gasteiger partial charge in [-0.05, 0) is 24.3 Å². The Labute approximate surface area is 111 Å².